The molecule has 0 aliphatic rings. The van der Waals surface area contributed by atoms with Gasteiger partial charge in [-0.05, 0) is 79.2 Å². The van der Waals surface area contributed by atoms with Crippen LogP contribution >= 0.6 is 0 Å². The largest absolute Gasteiger partial charge is 0.493 e. The van der Waals surface area contributed by atoms with Crippen molar-refractivity contribution in [2.24, 2.45) is 0 Å². The third kappa shape index (κ3) is 10.6. The van der Waals surface area contributed by atoms with Crippen LogP contribution in [0.1, 0.15) is 28.8 Å². The van der Waals surface area contributed by atoms with E-state index in [2.05, 4.69) is 13.2 Å². The van der Waals surface area contributed by atoms with Crippen LogP contribution in [0.3, 0.4) is 0 Å². The average molecular weight is 561 g/mol. The summed E-state index contributed by atoms with van der Waals surface area (Å²) in [5.41, 5.74) is 1.10. The fourth-order valence-electron chi connectivity index (χ4n) is 3.35. The Morgan fingerprint density at radius 1 is 0.659 bits per heavy atom. The predicted molar refractivity (Wildman–Crippen MR) is 152 cm³/mol. The monoisotopic (exact) mass is 560 g/mol. The molecule has 0 heterocycles. The van der Waals surface area contributed by atoms with Gasteiger partial charge in [0.15, 0.2) is 0 Å². The molecule has 0 N–H and O–H groups in total. The summed E-state index contributed by atoms with van der Waals surface area (Å²) in [7, 11) is 0. The Morgan fingerprint density at radius 3 is 1.66 bits per heavy atom. The van der Waals surface area contributed by atoms with E-state index in [-0.39, 0.29) is 13.2 Å². The zero-order chi connectivity index (χ0) is 29.5. The molecule has 0 radical (unpaired) electrons. The lowest BCUT2D eigenvalue weighted by molar-refractivity contribution is -0.138. The number of benzene rings is 3. The van der Waals surface area contributed by atoms with Crippen LogP contribution in [0.15, 0.2) is 92.0 Å². The summed E-state index contributed by atoms with van der Waals surface area (Å²) in [5.74, 6) is 1.43. The summed E-state index contributed by atoms with van der Waals surface area (Å²) in [6, 6.07) is 18.9. The average Bonchev–Trinajstić information content (AvgIpc) is 2.99. The van der Waals surface area contributed by atoms with Crippen LogP contribution in [-0.2, 0) is 19.1 Å². The summed E-state index contributed by atoms with van der Waals surface area (Å²) >= 11 is 0. The third-order valence-corrected chi connectivity index (χ3v) is 5.44. The maximum absolute atomic E-state index is 12.6. The molecule has 0 aliphatic heterocycles. The molecule has 3 aromatic rings. The van der Waals surface area contributed by atoms with Crippen molar-refractivity contribution in [2.75, 3.05) is 26.4 Å². The highest BCUT2D eigenvalue weighted by Gasteiger charge is 2.12. The Kier molecular flexibility index (Phi) is 12.0. The van der Waals surface area contributed by atoms with E-state index in [1.165, 1.54) is 0 Å². The second-order valence-electron chi connectivity index (χ2n) is 8.56. The number of carbonyl (C=O) groups is 3. The minimum absolute atomic E-state index is 0.235. The number of carbonyl (C=O) groups excluding carboxylic acids is 3. The molecule has 0 saturated carbocycles. The van der Waals surface area contributed by atoms with Gasteiger partial charge in [0.1, 0.15) is 28.7 Å². The first-order valence-corrected chi connectivity index (χ1v) is 12.9. The molecule has 41 heavy (non-hydrogen) atoms. The molecule has 0 amide bonds. The molecule has 0 bridgehead atoms. The van der Waals surface area contributed by atoms with Crippen molar-refractivity contribution in [1.82, 2.24) is 0 Å². The molecule has 0 aromatic heterocycles. The Labute approximate surface area is 238 Å². The molecule has 9 nitrogen and oxygen atoms in total. The highest BCUT2D eigenvalue weighted by molar-refractivity contribution is 5.91. The van der Waals surface area contributed by atoms with Crippen molar-refractivity contribution < 1.29 is 42.8 Å². The van der Waals surface area contributed by atoms with Gasteiger partial charge >= 0.3 is 17.9 Å². The van der Waals surface area contributed by atoms with Crippen LogP contribution in [0, 0.1) is 6.92 Å². The van der Waals surface area contributed by atoms with E-state index in [0.29, 0.717) is 60.4 Å². The summed E-state index contributed by atoms with van der Waals surface area (Å²) in [5, 5.41) is 0. The minimum Gasteiger partial charge on any atom is -0.493 e. The zero-order valence-electron chi connectivity index (χ0n) is 22.8. The first kappa shape index (κ1) is 30.5. The molecule has 3 aromatic carbocycles. The Balaban J connectivity index is 1.44. The van der Waals surface area contributed by atoms with Crippen molar-refractivity contribution in [2.45, 2.75) is 19.8 Å². The lowest BCUT2D eigenvalue weighted by Gasteiger charge is -2.12. The van der Waals surface area contributed by atoms with Gasteiger partial charge in [0, 0.05) is 25.0 Å². The van der Waals surface area contributed by atoms with Gasteiger partial charge in [-0.3, -0.25) is 0 Å². The van der Waals surface area contributed by atoms with Crippen molar-refractivity contribution in [1.29, 1.82) is 0 Å². The number of rotatable bonds is 16. The normalized spacial score (nSPS) is 10.2. The number of aryl methyl sites for hydroxylation is 1. The number of hydrogen-bond donors (Lipinski definition) is 0. The Morgan fingerprint density at radius 2 is 1.15 bits per heavy atom. The topological polar surface area (TPSA) is 107 Å². The highest BCUT2D eigenvalue weighted by atomic mass is 16.5. The van der Waals surface area contributed by atoms with E-state index in [1.807, 2.05) is 6.92 Å². The molecule has 0 unspecified atom stereocenters. The standard InChI is InChI=1S/C32H32O9/c1-4-30(33)38-20-6-18-36-25-10-8-24(9-11-25)32(35)41-29-17-16-28(22-23(29)3)40-27-14-12-26(13-15-27)37-19-7-21-39-31(34)5-2/h4-5,8-17,22H,1-2,6-7,18-21H2,3H3. The van der Waals surface area contributed by atoms with Gasteiger partial charge in [0.05, 0.1) is 32.0 Å². The van der Waals surface area contributed by atoms with Gasteiger partial charge in [-0.1, -0.05) is 13.2 Å². The maximum atomic E-state index is 12.6. The second kappa shape index (κ2) is 16.1. The van der Waals surface area contributed by atoms with Gasteiger partial charge in [0.25, 0.3) is 0 Å². The van der Waals surface area contributed by atoms with Gasteiger partial charge in [-0.15, -0.1) is 0 Å². The van der Waals surface area contributed by atoms with E-state index in [4.69, 9.17) is 28.4 Å². The van der Waals surface area contributed by atoms with Crippen molar-refractivity contribution >= 4 is 17.9 Å². The lowest BCUT2D eigenvalue weighted by Crippen LogP contribution is -2.09. The first-order valence-electron chi connectivity index (χ1n) is 12.9. The predicted octanol–water partition coefficient (Wildman–Crippen LogP) is 6.00. The first-order chi connectivity index (χ1) is 19.9. The van der Waals surface area contributed by atoms with Crippen molar-refractivity contribution in [3.05, 3.63) is 103 Å². The molecular formula is C32H32O9. The van der Waals surface area contributed by atoms with Crippen LogP contribution in [0.25, 0.3) is 0 Å². The van der Waals surface area contributed by atoms with E-state index < -0.39 is 17.9 Å². The van der Waals surface area contributed by atoms with Crippen molar-refractivity contribution in [3.8, 4) is 28.7 Å². The molecular weight excluding hydrogens is 528 g/mol. The fraction of sp³-hybridized carbons (Fsp3) is 0.219. The van der Waals surface area contributed by atoms with Gasteiger partial charge < -0.3 is 28.4 Å². The Bertz CT molecular complexity index is 1330. The van der Waals surface area contributed by atoms with Crippen LogP contribution in [0.4, 0.5) is 0 Å². The number of ether oxygens (including phenoxy) is 6. The summed E-state index contributed by atoms with van der Waals surface area (Å²) in [4.78, 5) is 34.7. The maximum Gasteiger partial charge on any atom is 0.343 e. The number of esters is 3. The van der Waals surface area contributed by atoms with Gasteiger partial charge in [-0.2, -0.15) is 0 Å². The molecule has 0 fully saturated rings. The molecule has 0 saturated heterocycles. The molecule has 0 aliphatic carbocycles. The molecule has 3 rings (SSSR count). The van der Waals surface area contributed by atoms with E-state index >= 15 is 0 Å². The lowest BCUT2D eigenvalue weighted by atomic mass is 10.2. The van der Waals surface area contributed by atoms with Gasteiger partial charge in [0.2, 0.25) is 0 Å². The van der Waals surface area contributed by atoms with E-state index in [1.54, 1.807) is 66.7 Å². The Hall–Kier alpha value is -5.05. The highest BCUT2D eigenvalue weighted by Crippen LogP contribution is 2.29. The van der Waals surface area contributed by atoms with Crippen LogP contribution in [0.2, 0.25) is 0 Å². The zero-order valence-corrected chi connectivity index (χ0v) is 22.8. The third-order valence-electron chi connectivity index (χ3n) is 5.44. The van der Waals surface area contributed by atoms with Crippen molar-refractivity contribution in [3.63, 3.8) is 0 Å². The quantitative estimate of drug-likeness (QED) is 0.0902. The smallest absolute Gasteiger partial charge is 0.343 e. The van der Waals surface area contributed by atoms with Crippen LogP contribution < -0.4 is 18.9 Å². The fourth-order valence-corrected chi connectivity index (χ4v) is 3.35. The van der Waals surface area contributed by atoms with E-state index in [9.17, 15) is 14.4 Å². The number of hydrogen-bond acceptors (Lipinski definition) is 9. The molecule has 0 atom stereocenters. The second-order valence-corrected chi connectivity index (χ2v) is 8.56. The van der Waals surface area contributed by atoms with Crippen LogP contribution in [-0.4, -0.2) is 44.3 Å². The van der Waals surface area contributed by atoms with E-state index in [0.717, 1.165) is 17.7 Å². The molecule has 9 heteroatoms. The summed E-state index contributed by atoms with van der Waals surface area (Å²) in [6.45, 7) is 9.75. The minimum atomic E-state index is -0.501. The SMILES string of the molecule is C=CC(=O)OCCCOc1ccc(Oc2ccc(OC(=O)c3ccc(OCCCOC(=O)C=C)cc3)c(C)c2)cc1. The van der Waals surface area contributed by atoms with Gasteiger partial charge in [-0.25, -0.2) is 14.4 Å². The molecule has 0 spiro atoms. The molecule has 214 valence electrons. The van der Waals surface area contributed by atoms with Crippen LogP contribution in [0.5, 0.6) is 28.7 Å². The summed E-state index contributed by atoms with van der Waals surface area (Å²) in [6.07, 6.45) is 3.32. The summed E-state index contributed by atoms with van der Waals surface area (Å²) < 4.78 is 32.5.